The van der Waals surface area contributed by atoms with Crippen molar-refractivity contribution in [2.24, 2.45) is 11.8 Å². The van der Waals surface area contributed by atoms with Gasteiger partial charge in [-0.15, -0.1) is 0 Å². The van der Waals surface area contributed by atoms with Gasteiger partial charge < -0.3 is 10.4 Å². The second-order valence-electron chi connectivity index (χ2n) is 5.04. The number of benzene rings is 1. The van der Waals surface area contributed by atoms with Gasteiger partial charge in [0, 0.05) is 22.0 Å². The van der Waals surface area contributed by atoms with E-state index in [1.165, 1.54) is 0 Å². The van der Waals surface area contributed by atoms with Gasteiger partial charge in [0.1, 0.15) is 0 Å². The van der Waals surface area contributed by atoms with Crippen LogP contribution in [0.3, 0.4) is 0 Å². The molecule has 2 N–H and O–H groups in total. The summed E-state index contributed by atoms with van der Waals surface area (Å²) in [5.41, 5.74) is 0.903. The molecule has 0 spiro atoms. The van der Waals surface area contributed by atoms with Gasteiger partial charge in [0.2, 0.25) is 5.91 Å². The predicted molar refractivity (Wildman–Crippen MR) is 74.6 cm³/mol. The summed E-state index contributed by atoms with van der Waals surface area (Å²) in [6.07, 6.45) is 2.03. The summed E-state index contributed by atoms with van der Waals surface area (Å²) in [6.45, 7) is 1.84. The van der Waals surface area contributed by atoms with Crippen molar-refractivity contribution < 1.29 is 18.9 Å². The summed E-state index contributed by atoms with van der Waals surface area (Å²) in [4.78, 5) is 23.3. The molecule has 1 aliphatic rings. The molecule has 0 saturated heterocycles. The van der Waals surface area contributed by atoms with E-state index in [1.54, 1.807) is 18.4 Å². The van der Waals surface area contributed by atoms with Gasteiger partial charge in [0.05, 0.1) is 17.9 Å². The first-order valence-corrected chi connectivity index (χ1v) is 7.92. The Labute approximate surface area is 119 Å². The number of aliphatic carboxylic acids is 1. The third-order valence-electron chi connectivity index (χ3n) is 3.52. The number of carboxylic acids is 1. The van der Waals surface area contributed by atoms with Crippen LogP contribution in [0.2, 0.25) is 0 Å². The lowest BCUT2D eigenvalue weighted by atomic mass is 10.1. The third kappa shape index (κ3) is 3.25. The number of carboxylic acid groups (broad SMARTS) is 1. The van der Waals surface area contributed by atoms with Gasteiger partial charge >= 0.3 is 5.97 Å². The largest absolute Gasteiger partial charge is 0.481 e. The lowest BCUT2D eigenvalue weighted by molar-refractivity contribution is -0.140. The molecule has 0 heterocycles. The summed E-state index contributed by atoms with van der Waals surface area (Å²) >= 11 is 0. The SMILES string of the molecule is CC(NC(=O)[C@@H]1C[C@@H]1C(=O)O)c1ccc(S(C)=O)cc1. The minimum absolute atomic E-state index is 0.197. The molecule has 6 heteroatoms. The zero-order chi connectivity index (χ0) is 14.9. The van der Waals surface area contributed by atoms with Crippen LogP contribution in [0.4, 0.5) is 0 Å². The van der Waals surface area contributed by atoms with Crippen molar-refractivity contribution in [2.75, 3.05) is 6.26 Å². The molecule has 0 radical (unpaired) electrons. The normalized spacial score (nSPS) is 23.7. The molecule has 108 valence electrons. The Bertz CT molecular complexity index is 555. The Kier molecular flexibility index (Phi) is 4.23. The van der Waals surface area contributed by atoms with Crippen molar-refractivity contribution in [3.63, 3.8) is 0 Å². The topological polar surface area (TPSA) is 83.5 Å². The number of amides is 1. The smallest absolute Gasteiger partial charge is 0.307 e. The van der Waals surface area contributed by atoms with Gasteiger partial charge in [0.25, 0.3) is 0 Å². The first kappa shape index (κ1) is 14.7. The molecule has 0 bridgehead atoms. The molecule has 2 rings (SSSR count). The monoisotopic (exact) mass is 295 g/mol. The minimum atomic E-state index is -1.02. The van der Waals surface area contributed by atoms with Gasteiger partial charge in [-0.3, -0.25) is 13.8 Å². The molecule has 2 unspecified atom stereocenters. The van der Waals surface area contributed by atoms with E-state index in [0.717, 1.165) is 10.5 Å². The maximum Gasteiger partial charge on any atom is 0.307 e. The predicted octanol–water partition coefficient (Wildman–Crippen LogP) is 1.32. The lowest BCUT2D eigenvalue weighted by Gasteiger charge is -2.14. The first-order chi connectivity index (χ1) is 9.40. The van der Waals surface area contributed by atoms with Crippen LogP contribution < -0.4 is 5.32 Å². The fraction of sp³-hybridized carbons (Fsp3) is 0.429. The highest BCUT2D eigenvalue weighted by Crippen LogP contribution is 2.39. The third-order valence-corrected chi connectivity index (χ3v) is 4.45. The van der Waals surface area contributed by atoms with Crippen molar-refractivity contribution in [1.29, 1.82) is 0 Å². The highest BCUT2D eigenvalue weighted by Gasteiger charge is 2.48. The average Bonchev–Trinajstić information content (AvgIpc) is 3.19. The van der Waals surface area contributed by atoms with Crippen molar-refractivity contribution in [2.45, 2.75) is 24.3 Å². The van der Waals surface area contributed by atoms with Crippen molar-refractivity contribution in [3.05, 3.63) is 29.8 Å². The first-order valence-electron chi connectivity index (χ1n) is 6.36. The molecule has 0 aliphatic heterocycles. The van der Waals surface area contributed by atoms with E-state index in [9.17, 15) is 13.8 Å². The Morgan fingerprint density at radius 2 is 1.90 bits per heavy atom. The molecule has 20 heavy (non-hydrogen) atoms. The highest BCUT2D eigenvalue weighted by molar-refractivity contribution is 7.84. The van der Waals surface area contributed by atoms with Gasteiger partial charge in [-0.25, -0.2) is 0 Å². The summed E-state index contributed by atoms with van der Waals surface area (Å²) in [5.74, 6) is -2.06. The standard InChI is InChI=1S/C14H17NO4S/c1-8(9-3-5-10(6-4-9)20(2)19)15-13(16)11-7-12(11)14(17)18/h3-6,8,11-12H,7H2,1-2H3,(H,15,16)(H,17,18)/t8?,11-,12+,20?/m1/s1. The van der Waals surface area contributed by atoms with E-state index in [-0.39, 0.29) is 11.9 Å². The van der Waals surface area contributed by atoms with E-state index in [2.05, 4.69) is 5.32 Å². The second kappa shape index (κ2) is 5.75. The van der Waals surface area contributed by atoms with Crippen LogP contribution in [0, 0.1) is 11.8 Å². The highest BCUT2D eigenvalue weighted by atomic mass is 32.2. The fourth-order valence-electron chi connectivity index (χ4n) is 2.11. The molecule has 0 aromatic heterocycles. The van der Waals surface area contributed by atoms with Crippen molar-refractivity contribution in [1.82, 2.24) is 5.32 Å². The number of hydrogen-bond acceptors (Lipinski definition) is 3. The number of nitrogens with one attached hydrogen (secondary N) is 1. The van der Waals surface area contributed by atoms with Crippen LogP contribution in [0.15, 0.2) is 29.2 Å². The van der Waals surface area contributed by atoms with Crippen LogP contribution in [-0.4, -0.2) is 27.4 Å². The number of rotatable bonds is 5. The number of carbonyl (C=O) groups is 2. The molecular weight excluding hydrogens is 278 g/mol. The molecular formula is C14H17NO4S. The Hall–Kier alpha value is -1.69. The Balaban J connectivity index is 1.95. The zero-order valence-electron chi connectivity index (χ0n) is 11.3. The average molecular weight is 295 g/mol. The van der Waals surface area contributed by atoms with Gasteiger partial charge in [-0.1, -0.05) is 12.1 Å². The maximum absolute atomic E-state index is 11.9. The van der Waals surface area contributed by atoms with Crippen LogP contribution >= 0.6 is 0 Å². The molecule has 1 amide bonds. The van der Waals surface area contributed by atoms with E-state index in [0.29, 0.717) is 6.42 Å². The van der Waals surface area contributed by atoms with E-state index in [4.69, 9.17) is 5.11 Å². The lowest BCUT2D eigenvalue weighted by Crippen LogP contribution is -2.29. The van der Waals surface area contributed by atoms with Crippen LogP contribution in [0.25, 0.3) is 0 Å². The van der Waals surface area contributed by atoms with Crippen LogP contribution in [0.1, 0.15) is 24.9 Å². The summed E-state index contributed by atoms with van der Waals surface area (Å²) in [7, 11) is -1.02. The van der Waals surface area contributed by atoms with Crippen molar-refractivity contribution >= 4 is 22.7 Å². The van der Waals surface area contributed by atoms with Gasteiger partial charge in [-0.05, 0) is 31.0 Å². The summed E-state index contributed by atoms with van der Waals surface area (Å²) < 4.78 is 11.3. The van der Waals surface area contributed by atoms with E-state index < -0.39 is 28.6 Å². The number of carbonyl (C=O) groups excluding carboxylic acids is 1. The minimum Gasteiger partial charge on any atom is -0.481 e. The molecule has 1 aliphatic carbocycles. The molecule has 1 fully saturated rings. The van der Waals surface area contributed by atoms with Gasteiger partial charge in [0.15, 0.2) is 0 Å². The molecule has 1 saturated carbocycles. The van der Waals surface area contributed by atoms with Gasteiger partial charge in [-0.2, -0.15) is 0 Å². The summed E-state index contributed by atoms with van der Waals surface area (Å²) in [5, 5.41) is 11.6. The van der Waals surface area contributed by atoms with Crippen LogP contribution in [-0.2, 0) is 20.4 Å². The molecule has 1 aromatic carbocycles. The second-order valence-corrected chi connectivity index (χ2v) is 6.42. The zero-order valence-corrected chi connectivity index (χ0v) is 12.1. The van der Waals surface area contributed by atoms with Crippen LogP contribution in [0.5, 0.6) is 0 Å². The van der Waals surface area contributed by atoms with E-state index in [1.807, 2.05) is 19.1 Å². The Morgan fingerprint density at radius 3 is 2.35 bits per heavy atom. The molecule has 1 aromatic rings. The maximum atomic E-state index is 11.9. The quantitative estimate of drug-likeness (QED) is 0.858. The number of hydrogen-bond donors (Lipinski definition) is 2. The van der Waals surface area contributed by atoms with Crippen molar-refractivity contribution in [3.8, 4) is 0 Å². The molecule has 5 nitrogen and oxygen atoms in total. The molecule has 4 atom stereocenters. The fourth-order valence-corrected chi connectivity index (χ4v) is 2.63. The Morgan fingerprint density at radius 1 is 1.30 bits per heavy atom. The van der Waals surface area contributed by atoms with E-state index >= 15 is 0 Å². The summed E-state index contributed by atoms with van der Waals surface area (Å²) in [6, 6.07) is 6.99.